The molecule has 21 heavy (non-hydrogen) atoms. The normalized spacial score (nSPS) is 10.6. The minimum atomic E-state index is 0.706. The van der Waals surface area contributed by atoms with Crippen molar-refractivity contribution in [3.63, 3.8) is 0 Å². The van der Waals surface area contributed by atoms with Crippen molar-refractivity contribution < 1.29 is 0 Å². The number of aromatic nitrogens is 2. The molecule has 0 aliphatic carbocycles. The predicted molar refractivity (Wildman–Crippen MR) is 87.8 cm³/mol. The van der Waals surface area contributed by atoms with E-state index in [1.54, 1.807) is 6.20 Å². The molecule has 0 unspecified atom stereocenters. The first-order valence-electron chi connectivity index (χ1n) is 7.17. The van der Waals surface area contributed by atoms with Gasteiger partial charge in [0.15, 0.2) is 0 Å². The van der Waals surface area contributed by atoms with Crippen LogP contribution in [0.3, 0.4) is 0 Å². The molecule has 1 N–H and O–H groups in total. The topological polar surface area (TPSA) is 41.0 Å². The van der Waals surface area contributed by atoms with Gasteiger partial charge in [-0.15, -0.1) is 0 Å². The van der Waals surface area contributed by atoms with Crippen molar-refractivity contribution in [1.29, 1.82) is 0 Å². The lowest BCUT2D eigenvalue weighted by atomic mass is 10.2. The van der Waals surface area contributed by atoms with Crippen LogP contribution in [-0.2, 0) is 13.0 Å². The Morgan fingerprint density at radius 2 is 2.14 bits per heavy atom. The molecular weight excluding hydrogens is 284 g/mol. The number of nitrogens with one attached hydrogen (secondary N) is 1. The summed E-state index contributed by atoms with van der Waals surface area (Å²) in [5.74, 6) is 0.934. The number of nitrogens with zero attached hydrogens (tertiary/aromatic N) is 3. The minimum absolute atomic E-state index is 0.706. The maximum absolute atomic E-state index is 6.18. The lowest BCUT2D eigenvalue weighted by molar-refractivity contribution is 0.725. The van der Waals surface area contributed by atoms with Gasteiger partial charge in [0.1, 0.15) is 5.82 Å². The van der Waals surface area contributed by atoms with Gasteiger partial charge in [-0.05, 0) is 30.3 Å². The molecule has 0 radical (unpaired) electrons. The van der Waals surface area contributed by atoms with Gasteiger partial charge in [0.05, 0.1) is 5.02 Å². The average Bonchev–Trinajstić information content (AvgIpc) is 2.53. The number of likely N-dealkylation sites (N-methyl/N-ethyl adjacent to an activating group) is 1. The van der Waals surface area contributed by atoms with Gasteiger partial charge in [-0.2, -0.15) is 0 Å². The Bertz CT molecular complexity index is 559. The molecule has 0 spiro atoms. The standard InChI is InChI=1S/C16H21ClN4/c1-3-18-11-13-10-16(20-12-15(13)17)21(2)9-7-14-6-4-5-8-19-14/h4-6,8,10,12,18H,3,7,9,11H2,1-2H3. The minimum Gasteiger partial charge on any atom is -0.359 e. The molecule has 2 aromatic heterocycles. The summed E-state index contributed by atoms with van der Waals surface area (Å²) < 4.78 is 0. The largest absolute Gasteiger partial charge is 0.359 e. The van der Waals surface area contributed by atoms with Crippen LogP contribution >= 0.6 is 11.6 Å². The summed E-state index contributed by atoms with van der Waals surface area (Å²) in [6.07, 6.45) is 4.44. The fourth-order valence-corrected chi connectivity index (χ4v) is 2.18. The van der Waals surface area contributed by atoms with Crippen molar-refractivity contribution in [2.45, 2.75) is 19.9 Å². The van der Waals surface area contributed by atoms with E-state index in [1.807, 2.05) is 37.5 Å². The number of hydrogen-bond acceptors (Lipinski definition) is 4. The van der Waals surface area contributed by atoms with E-state index in [4.69, 9.17) is 11.6 Å². The van der Waals surface area contributed by atoms with Gasteiger partial charge in [-0.1, -0.05) is 24.6 Å². The van der Waals surface area contributed by atoms with Crippen molar-refractivity contribution >= 4 is 17.4 Å². The van der Waals surface area contributed by atoms with Crippen LogP contribution in [0.25, 0.3) is 0 Å². The van der Waals surface area contributed by atoms with Crippen LogP contribution < -0.4 is 10.2 Å². The summed E-state index contributed by atoms with van der Waals surface area (Å²) >= 11 is 6.18. The zero-order valence-corrected chi connectivity index (χ0v) is 13.3. The van der Waals surface area contributed by atoms with Crippen molar-refractivity contribution in [2.24, 2.45) is 0 Å². The average molecular weight is 305 g/mol. The zero-order chi connectivity index (χ0) is 15.1. The van der Waals surface area contributed by atoms with E-state index in [0.29, 0.717) is 5.02 Å². The molecule has 0 bridgehead atoms. The Labute approximate surface area is 131 Å². The summed E-state index contributed by atoms with van der Waals surface area (Å²) in [6, 6.07) is 8.03. The number of hydrogen-bond donors (Lipinski definition) is 1. The molecule has 0 aliphatic heterocycles. The van der Waals surface area contributed by atoms with Crippen molar-refractivity contribution in [1.82, 2.24) is 15.3 Å². The highest BCUT2D eigenvalue weighted by atomic mass is 35.5. The smallest absolute Gasteiger partial charge is 0.128 e. The molecule has 0 saturated carbocycles. The highest BCUT2D eigenvalue weighted by molar-refractivity contribution is 6.31. The van der Waals surface area contributed by atoms with E-state index < -0.39 is 0 Å². The summed E-state index contributed by atoms with van der Waals surface area (Å²) in [4.78, 5) is 10.9. The second-order valence-corrected chi connectivity index (χ2v) is 5.31. The SMILES string of the molecule is CCNCc1cc(N(C)CCc2ccccn2)ncc1Cl. The van der Waals surface area contributed by atoms with Crippen molar-refractivity contribution in [3.05, 3.63) is 52.9 Å². The van der Waals surface area contributed by atoms with Gasteiger partial charge < -0.3 is 10.2 Å². The first-order chi connectivity index (χ1) is 10.2. The van der Waals surface area contributed by atoms with E-state index in [9.17, 15) is 0 Å². The van der Waals surface area contributed by atoms with Crippen LogP contribution in [0.1, 0.15) is 18.2 Å². The molecule has 0 atom stereocenters. The molecular formula is C16H21ClN4. The van der Waals surface area contributed by atoms with E-state index in [1.165, 1.54) is 0 Å². The van der Waals surface area contributed by atoms with Gasteiger partial charge >= 0.3 is 0 Å². The quantitative estimate of drug-likeness (QED) is 0.854. The summed E-state index contributed by atoms with van der Waals surface area (Å²) in [6.45, 7) is 4.63. The maximum Gasteiger partial charge on any atom is 0.128 e. The molecule has 0 amide bonds. The first-order valence-corrected chi connectivity index (χ1v) is 7.54. The fourth-order valence-electron chi connectivity index (χ4n) is 2.01. The maximum atomic E-state index is 6.18. The van der Waals surface area contributed by atoms with Crippen LogP contribution in [0.2, 0.25) is 5.02 Å². The molecule has 5 heteroatoms. The second-order valence-electron chi connectivity index (χ2n) is 4.91. The van der Waals surface area contributed by atoms with E-state index >= 15 is 0 Å². The number of halogens is 1. The highest BCUT2D eigenvalue weighted by Gasteiger charge is 2.07. The molecule has 2 rings (SSSR count). The predicted octanol–water partition coefficient (Wildman–Crippen LogP) is 2.92. The van der Waals surface area contributed by atoms with Crippen LogP contribution in [0.4, 0.5) is 5.82 Å². The van der Waals surface area contributed by atoms with E-state index in [-0.39, 0.29) is 0 Å². The van der Waals surface area contributed by atoms with Crippen LogP contribution in [-0.4, -0.2) is 30.1 Å². The zero-order valence-electron chi connectivity index (χ0n) is 12.5. The fraction of sp³-hybridized carbons (Fsp3) is 0.375. The lowest BCUT2D eigenvalue weighted by Gasteiger charge is -2.19. The van der Waals surface area contributed by atoms with Gasteiger partial charge in [0, 0.05) is 44.6 Å². The number of anilines is 1. The first kappa shape index (κ1) is 15.7. The van der Waals surface area contributed by atoms with Crippen molar-refractivity contribution in [3.8, 4) is 0 Å². The number of rotatable bonds is 7. The van der Waals surface area contributed by atoms with Gasteiger partial charge in [-0.25, -0.2) is 4.98 Å². The Balaban J connectivity index is 2.00. The van der Waals surface area contributed by atoms with Gasteiger partial charge in [0.25, 0.3) is 0 Å². The lowest BCUT2D eigenvalue weighted by Crippen LogP contribution is -2.22. The molecule has 0 aliphatic rings. The molecule has 2 aromatic rings. The van der Waals surface area contributed by atoms with Crippen LogP contribution in [0, 0.1) is 0 Å². The summed E-state index contributed by atoms with van der Waals surface area (Å²) in [5.41, 5.74) is 2.17. The van der Waals surface area contributed by atoms with Crippen molar-refractivity contribution in [2.75, 3.05) is 25.0 Å². The van der Waals surface area contributed by atoms with E-state index in [0.717, 1.165) is 43.1 Å². The summed E-state index contributed by atoms with van der Waals surface area (Å²) in [7, 11) is 2.04. The Morgan fingerprint density at radius 3 is 2.86 bits per heavy atom. The second kappa shape index (κ2) is 7.96. The monoisotopic (exact) mass is 304 g/mol. The van der Waals surface area contributed by atoms with Crippen LogP contribution in [0.15, 0.2) is 36.7 Å². The molecule has 0 saturated heterocycles. The Kier molecular flexibility index (Phi) is 5.96. The number of pyridine rings is 2. The third-order valence-electron chi connectivity index (χ3n) is 3.31. The molecule has 0 fully saturated rings. The van der Waals surface area contributed by atoms with Gasteiger partial charge in [0.2, 0.25) is 0 Å². The van der Waals surface area contributed by atoms with E-state index in [2.05, 4.69) is 27.1 Å². The van der Waals surface area contributed by atoms with Crippen LogP contribution in [0.5, 0.6) is 0 Å². The highest BCUT2D eigenvalue weighted by Crippen LogP contribution is 2.20. The molecule has 4 nitrogen and oxygen atoms in total. The molecule has 0 aromatic carbocycles. The molecule has 2 heterocycles. The Morgan fingerprint density at radius 1 is 1.29 bits per heavy atom. The summed E-state index contributed by atoms with van der Waals surface area (Å²) in [5, 5.41) is 3.99. The van der Waals surface area contributed by atoms with Gasteiger partial charge in [-0.3, -0.25) is 4.98 Å². The third kappa shape index (κ3) is 4.69. The Hall–Kier alpha value is -1.65. The third-order valence-corrected chi connectivity index (χ3v) is 3.65. The molecule has 112 valence electrons.